The molecule has 3 heterocycles. The van der Waals surface area contributed by atoms with Crippen LogP contribution in [0.4, 0.5) is 0 Å². The number of carbonyl (C=O) groups excluding carboxylic acids is 1. The third-order valence-electron chi connectivity index (χ3n) is 4.29. The molecule has 122 valence electrons. The molecule has 0 spiro atoms. The van der Waals surface area contributed by atoms with E-state index in [1.54, 1.807) is 4.90 Å². The van der Waals surface area contributed by atoms with Gasteiger partial charge in [-0.1, -0.05) is 0 Å². The zero-order valence-corrected chi connectivity index (χ0v) is 13.4. The van der Waals surface area contributed by atoms with Crippen LogP contribution in [0, 0.1) is 0 Å². The zero-order valence-electron chi connectivity index (χ0n) is 13.4. The van der Waals surface area contributed by atoms with E-state index < -0.39 is 0 Å². The Hall–Kier alpha value is -2.44. The lowest BCUT2D eigenvalue weighted by atomic mass is 9.95. The number of rotatable bonds is 3. The van der Waals surface area contributed by atoms with Gasteiger partial charge in [0.1, 0.15) is 11.5 Å². The van der Waals surface area contributed by atoms with E-state index in [1.165, 1.54) is 6.20 Å². The van der Waals surface area contributed by atoms with E-state index in [-0.39, 0.29) is 17.2 Å². The van der Waals surface area contributed by atoms with Crippen LogP contribution in [0.15, 0.2) is 29.6 Å². The molecule has 0 bridgehead atoms. The zero-order chi connectivity index (χ0) is 16.4. The molecule has 7 nitrogen and oxygen atoms in total. The van der Waals surface area contributed by atoms with Crippen LogP contribution in [0.5, 0.6) is 0 Å². The number of nitrogens with one attached hydrogen (secondary N) is 1. The summed E-state index contributed by atoms with van der Waals surface area (Å²) in [5.41, 5.74) is -0.0208. The van der Waals surface area contributed by atoms with Gasteiger partial charge in [0.15, 0.2) is 0 Å². The topological polar surface area (TPSA) is 83.9 Å². The molecule has 23 heavy (non-hydrogen) atoms. The summed E-state index contributed by atoms with van der Waals surface area (Å²) in [7, 11) is 0. The maximum Gasteiger partial charge on any atom is 0.273 e. The highest BCUT2D eigenvalue weighted by Gasteiger charge is 2.27. The van der Waals surface area contributed by atoms with Crippen molar-refractivity contribution in [2.24, 2.45) is 0 Å². The largest absolute Gasteiger partial charge is 0.337 e. The first-order chi connectivity index (χ1) is 11.1. The summed E-state index contributed by atoms with van der Waals surface area (Å²) in [6.07, 6.45) is 8.15. The van der Waals surface area contributed by atoms with Crippen molar-refractivity contribution in [3.63, 3.8) is 0 Å². The molecule has 0 unspecified atom stereocenters. The smallest absolute Gasteiger partial charge is 0.273 e. The van der Waals surface area contributed by atoms with Crippen LogP contribution in [-0.2, 0) is 0 Å². The first-order valence-corrected chi connectivity index (χ1v) is 7.93. The summed E-state index contributed by atoms with van der Waals surface area (Å²) in [5, 5.41) is 0. The molecule has 1 N–H and O–H groups in total. The Bertz CT molecular complexity index is 720. The number of hydrogen-bond acceptors (Lipinski definition) is 4. The number of likely N-dealkylation sites (tertiary alicyclic amines) is 1. The molecule has 2 aromatic heterocycles. The van der Waals surface area contributed by atoms with E-state index in [1.807, 2.05) is 12.4 Å². The van der Waals surface area contributed by atoms with Gasteiger partial charge in [-0.05, 0) is 26.7 Å². The fourth-order valence-corrected chi connectivity index (χ4v) is 3.04. The van der Waals surface area contributed by atoms with Gasteiger partial charge in [0.25, 0.3) is 11.5 Å². The Balaban J connectivity index is 1.66. The van der Waals surface area contributed by atoms with E-state index in [0.717, 1.165) is 24.9 Å². The predicted molar refractivity (Wildman–Crippen MR) is 85.3 cm³/mol. The monoisotopic (exact) mass is 315 g/mol. The first kappa shape index (κ1) is 15.5. The number of amides is 1. The summed E-state index contributed by atoms with van der Waals surface area (Å²) in [6, 6.07) is 0.387. The molecule has 1 fully saturated rings. The van der Waals surface area contributed by atoms with Crippen molar-refractivity contribution in [3.8, 4) is 0 Å². The van der Waals surface area contributed by atoms with Crippen molar-refractivity contribution in [1.82, 2.24) is 24.4 Å². The molecule has 0 atom stereocenters. The number of aromatic nitrogens is 4. The molecule has 3 rings (SSSR count). The summed E-state index contributed by atoms with van der Waals surface area (Å²) in [6.45, 7) is 5.64. The third kappa shape index (κ3) is 3.18. The van der Waals surface area contributed by atoms with E-state index >= 15 is 0 Å². The lowest BCUT2D eigenvalue weighted by Gasteiger charge is -2.32. The SMILES string of the molecule is CC(C)n1ccnc1C1CCN(C(=O)c2c[nH]c(=O)cn2)CC1. The first-order valence-electron chi connectivity index (χ1n) is 7.93. The van der Waals surface area contributed by atoms with Gasteiger partial charge in [0.2, 0.25) is 0 Å². The highest BCUT2D eigenvalue weighted by Crippen LogP contribution is 2.28. The molecule has 1 aliphatic heterocycles. The van der Waals surface area contributed by atoms with Crippen LogP contribution < -0.4 is 5.56 Å². The third-order valence-corrected chi connectivity index (χ3v) is 4.29. The molecular formula is C16H21N5O2. The molecular weight excluding hydrogens is 294 g/mol. The second-order valence-corrected chi connectivity index (χ2v) is 6.15. The number of aromatic amines is 1. The maximum atomic E-state index is 12.4. The van der Waals surface area contributed by atoms with Crippen molar-refractivity contribution < 1.29 is 4.79 Å². The van der Waals surface area contributed by atoms with Crippen molar-refractivity contribution >= 4 is 5.91 Å². The number of nitrogens with zero attached hydrogens (tertiary/aromatic N) is 4. The Morgan fingerprint density at radius 2 is 2.04 bits per heavy atom. The van der Waals surface area contributed by atoms with E-state index in [9.17, 15) is 9.59 Å². The van der Waals surface area contributed by atoms with Crippen molar-refractivity contribution in [2.45, 2.75) is 38.6 Å². The minimum atomic E-state index is -0.305. The number of H-pyrrole nitrogens is 1. The summed E-state index contributed by atoms with van der Waals surface area (Å²) in [4.78, 5) is 36.1. The summed E-state index contributed by atoms with van der Waals surface area (Å²) >= 11 is 0. The van der Waals surface area contributed by atoms with Crippen LogP contribution in [0.3, 0.4) is 0 Å². The Morgan fingerprint density at radius 1 is 1.30 bits per heavy atom. The molecule has 0 aliphatic carbocycles. The van der Waals surface area contributed by atoms with Gasteiger partial charge in [-0.3, -0.25) is 9.59 Å². The van der Waals surface area contributed by atoms with Crippen molar-refractivity contribution in [3.05, 3.63) is 46.7 Å². The molecule has 1 aliphatic rings. The van der Waals surface area contributed by atoms with E-state index in [0.29, 0.717) is 25.0 Å². The van der Waals surface area contributed by atoms with Gasteiger partial charge in [0, 0.05) is 43.6 Å². The predicted octanol–water partition coefficient (Wildman–Crippen LogP) is 1.57. The minimum Gasteiger partial charge on any atom is -0.337 e. The van der Waals surface area contributed by atoms with Crippen LogP contribution in [0.25, 0.3) is 0 Å². The lowest BCUT2D eigenvalue weighted by molar-refractivity contribution is 0.0703. The van der Waals surface area contributed by atoms with Crippen molar-refractivity contribution in [2.75, 3.05) is 13.1 Å². The molecule has 1 amide bonds. The lowest BCUT2D eigenvalue weighted by Crippen LogP contribution is -2.39. The number of carbonyl (C=O) groups is 1. The Labute approximate surface area is 134 Å². The van der Waals surface area contributed by atoms with E-state index in [2.05, 4.69) is 33.4 Å². The summed E-state index contributed by atoms with van der Waals surface area (Å²) < 4.78 is 2.20. The minimum absolute atomic E-state index is 0.132. The number of hydrogen-bond donors (Lipinski definition) is 1. The van der Waals surface area contributed by atoms with Gasteiger partial charge in [-0.2, -0.15) is 0 Å². The average molecular weight is 315 g/mol. The van der Waals surface area contributed by atoms with Crippen LogP contribution in [0.1, 0.15) is 55.0 Å². The van der Waals surface area contributed by atoms with Gasteiger partial charge in [-0.25, -0.2) is 9.97 Å². The second kappa shape index (κ2) is 6.36. The van der Waals surface area contributed by atoms with Crippen molar-refractivity contribution in [1.29, 1.82) is 0 Å². The fraction of sp³-hybridized carbons (Fsp3) is 0.500. The highest BCUT2D eigenvalue weighted by atomic mass is 16.2. The highest BCUT2D eigenvalue weighted by molar-refractivity contribution is 5.92. The van der Waals surface area contributed by atoms with Gasteiger partial charge in [0.05, 0.1) is 6.20 Å². The number of imidazole rings is 1. The molecule has 2 aromatic rings. The second-order valence-electron chi connectivity index (χ2n) is 6.15. The molecule has 1 saturated heterocycles. The maximum absolute atomic E-state index is 12.4. The normalized spacial score (nSPS) is 16.0. The molecule has 0 radical (unpaired) electrons. The molecule has 7 heteroatoms. The molecule has 0 saturated carbocycles. The van der Waals surface area contributed by atoms with Gasteiger partial charge >= 0.3 is 0 Å². The van der Waals surface area contributed by atoms with Gasteiger partial charge in [-0.15, -0.1) is 0 Å². The summed E-state index contributed by atoms with van der Waals surface area (Å²) in [5.74, 6) is 1.35. The van der Waals surface area contributed by atoms with Crippen LogP contribution in [0.2, 0.25) is 0 Å². The fourth-order valence-electron chi connectivity index (χ4n) is 3.04. The number of piperidine rings is 1. The quantitative estimate of drug-likeness (QED) is 0.932. The average Bonchev–Trinajstić information content (AvgIpc) is 3.05. The van der Waals surface area contributed by atoms with Crippen LogP contribution >= 0.6 is 0 Å². The van der Waals surface area contributed by atoms with E-state index in [4.69, 9.17) is 0 Å². The van der Waals surface area contributed by atoms with Crippen LogP contribution in [-0.4, -0.2) is 43.4 Å². The Kier molecular flexibility index (Phi) is 4.27. The van der Waals surface area contributed by atoms with Gasteiger partial charge < -0.3 is 14.5 Å². The molecule has 0 aromatic carbocycles. The standard InChI is InChI=1S/C16H21N5O2/c1-11(2)21-8-5-17-15(21)12-3-6-20(7-4-12)16(23)13-9-19-14(22)10-18-13/h5,8-12H,3-4,6-7H2,1-2H3,(H,19,22). The Morgan fingerprint density at radius 3 is 2.65 bits per heavy atom.